The number of aliphatic hydroxyl groups excluding tert-OH is 1. The first-order chi connectivity index (χ1) is 8.49. The lowest BCUT2D eigenvalue weighted by Crippen LogP contribution is -2.31. The number of benzene rings is 1. The number of nitrogens with two attached hydrogens (primary N) is 1. The monoisotopic (exact) mass is 251 g/mol. The van der Waals surface area contributed by atoms with Crippen molar-refractivity contribution in [3.05, 3.63) is 23.8 Å². The summed E-state index contributed by atoms with van der Waals surface area (Å²) in [5.74, 6) is 0.0620. The molecule has 0 aliphatic rings. The lowest BCUT2D eigenvalue weighted by molar-refractivity contribution is 0.0963. The van der Waals surface area contributed by atoms with E-state index in [1.54, 1.807) is 25.2 Å². The predicted octanol–water partition coefficient (Wildman–Crippen LogP) is 1.06. The zero-order valence-corrected chi connectivity index (χ0v) is 11.0. The second-order valence-corrected chi connectivity index (χ2v) is 4.56. The topological polar surface area (TPSA) is 87.4 Å². The minimum Gasteiger partial charge on any atom is -0.399 e. The Morgan fingerprint density at radius 1 is 1.44 bits per heavy atom. The minimum absolute atomic E-state index is 0.000347. The highest BCUT2D eigenvalue weighted by atomic mass is 16.3. The summed E-state index contributed by atoms with van der Waals surface area (Å²) in [5, 5.41) is 15.1. The fourth-order valence-corrected chi connectivity index (χ4v) is 1.64. The van der Waals surface area contributed by atoms with E-state index in [1.807, 2.05) is 13.8 Å². The lowest BCUT2D eigenvalue weighted by Gasteiger charge is -2.23. The van der Waals surface area contributed by atoms with E-state index in [9.17, 15) is 9.90 Å². The summed E-state index contributed by atoms with van der Waals surface area (Å²) in [6.45, 7) is 4.00. The molecule has 1 aromatic carbocycles. The molecule has 5 nitrogen and oxygen atoms in total. The fourth-order valence-electron chi connectivity index (χ4n) is 1.64. The van der Waals surface area contributed by atoms with Crippen molar-refractivity contribution in [3.63, 3.8) is 0 Å². The van der Waals surface area contributed by atoms with Crippen molar-refractivity contribution in [2.45, 2.75) is 19.9 Å². The van der Waals surface area contributed by atoms with Gasteiger partial charge < -0.3 is 21.5 Å². The molecule has 1 unspecified atom stereocenters. The van der Waals surface area contributed by atoms with Crippen molar-refractivity contribution < 1.29 is 9.90 Å². The molecule has 0 aliphatic carbocycles. The summed E-state index contributed by atoms with van der Waals surface area (Å²) in [6.07, 6.45) is 0. The number of hydrogen-bond acceptors (Lipinski definition) is 4. The van der Waals surface area contributed by atoms with Gasteiger partial charge in [0.05, 0.1) is 18.2 Å². The van der Waals surface area contributed by atoms with Crippen LogP contribution < -0.4 is 16.4 Å². The first-order valence-electron chi connectivity index (χ1n) is 5.98. The molecular weight excluding hydrogens is 230 g/mol. The molecule has 0 heterocycles. The molecule has 0 bridgehead atoms. The van der Waals surface area contributed by atoms with Crippen molar-refractivity contribution in [1.29, 1.82) is 0 Å². The third-order valence-corrected chi connectivity index (χ3v) is 2.86. The van der Waals surface area contributed by atoms with E-state index in [1.165, 1.54) is 0 Å². The van der Waals surface area contributed by atoms with Gasteiger partial charge in [0.1, 0.15) is 0 Å². The van der Waals surface area contributed by atoms with Crippen molar-refractivity contribution in [3.8, 4) is 0 Å². The Morgan fingerprint density at radius 2 is 2.11 bits per heavy atom. The maximum Gasteiger partial charge on any atom is 0.253 e. The number of carbonyl (C=O) groups excluding carboxylic acids is 1. The smallest absolute Gasteiger partial charge is 0.253 e. The zero-order chi connectivity index (χ0) is 13.7. The van der Waals surface area contributed by atoms with Crippen LogP contribution in [0.2, 0.25) is 0 Å². The maximum absolute atomic E-state index is 11.7. The SMILES string of the molecule is CNC(=O)c1ccc(N)cc1NC(CO)C(C)C. The molecule has 18 heavy (non-hydrogen) atoms. The standard InChI is InChI=1S/C13H21N3O2/c1-8(2)12(7-17)16-11-6-9(14)4-5-10(11)13(18)15-3/h4-6,8,12,16-17H,7,14H2,1-3H3,(H,15,18). The van der Waals surface area contributed by atoms with Crippen LogP contribution in [0.1, 0.15) is 24.2 Å². The highest BCUT2D eigenvalue weighted by molar-refractivity contribution is 6.00. The second-order valence-electron chi connectivity index (χ2n) is 4.56. The van der Waals surface area contributed by atoms with Crippen LogP contribution in [0.3, 0.4) is 0 Å². The van der Waals surface area contributed by atoms with Crippen molar-refractivity contribution in [2.24, 2.45) is 5.92 Å². The highest BCUT2D eigenvalue weighted by Crippen LogP contribution is 2.21. The molecule has 0 fully saturated rings. The van der Waals surface area contributed by atoms with Gasteiger partial charge in [-0.05, 0) is 24.1 Å². The van der Waals surface area contributed by atoms with Crippen LogP contribution >= 0.6 is 0 Å². The summed E-state index contributed by atoms with van der Waals surface area (Å²) in [5.41, 5.74) is 7.46. The number of aliphatic hydroxyl groups is 1. The van der Waals surface area contributed by atoms with Crippen LogP contribution in [0.25, 0.3) is 0 Å². The molecule has 0 saturated carbocycles. The van der Waals surface area contributed by atoms with E-state index in [2.05, 4.69) is 10.6 Å². The van der Waals surface area contributed by atoms with Gasteiger partial charge in [0.25, 0.3) is 5.91 Å². The summed E-state index contributed by atoms with van der Waals surface area (Å²) in [6, 6.07) is 4.94. The number of rotatable bonds is 5. The Labute approximate surface area is 107 Å². The van der Waals surface area contributed by atoms with Gasteiger partial charge in [-0.3, -0.25) is 4.79 Å². The quantitative estimate of drug-likeness (QED) is 0.589. The average Bonchev–Trinajstić information content (AvgIpc) is 2.34. The summed E-state index contributed by atoms with van der Waals surface area (Å²) >= 11 is 0. The molecular formula is C13H21N3O2. The Kier molecular flexibility index (Phi) is 4.97. The predicted molar refractivity (Wildman–Crippen MR) is 73.6 cm³/mol. The third kappa shape index (κ3) is 3.37. The van der Waals surface area contributed by atoms with Gasteiger partial charge in [0.2, 0.25) is 0 Å². The molecule has 0 aliphatic heterocycles. The van der Waals surface area contributed by atoms with Crippen LogP contribution in [-0.2, 0) is 0 Å². The third-order valence-electron chi connectivity index (χ3n) is 2.86. The zero-order valence-electron chi connectivity index (χ0n) is 11.0. The minimum atomic E-state index is -0.182. The second kappa shape index (κ2) is 6.26. The van der Waals surface area contributed by atoms with Crippen LogP contribution in [-0.4, -0.2) is 30.7 Å². The summed E-state index contributed by atoms with van der Waals surface area (Å²) < 4.78 is 0. The fraction of sp³-hybridized carbons (Fsp3) is 0.462. The van der Waals surface area contributed by atoms with Crippen LogP contribution in [0.15, 0.2) is 18.2 Å². The molecule has 5 heteroatoms. The van der Waals surface area contributed by atoms with Gasteiger partial charge in [-0.1, -0.05) is 13.8 Å². The normalized spacial score (nSPS) is 12.3. The molecule has 1 rings (SSSR count). The Balaban J connectivity index is 3.05. The van der Waals surface area contributed by atoms with Gasteiger partial charge in [-0.2, -0.15) is 0 Å². The molecule has 5 N–H and O–H groups in total. The number of nitrogen functional groups attached to an aromatic ring is 1. The number of nitrogens with one attached hydrogen (secondary N) is 2. The largest absolute Gasteiger partial charge is 0.399 e. The number of amides is 1. The molecule has 1 aromatic rings. The van der Waals surface area contributed by atoms with Crippen LogP contribution in [0.5, 0.6) is 0 Å². The average molecular weight is 251 g/mol. The lowest BCUT2D eigenvalue weighted by atomic mass is 10.0. The Bertz CT molecular complexity index is 419. The van der Waals surface area contributed by atoms with Crippen molar-refractivity contribution >= 4 is 17.3 Å². The van der Waals surface area contributed by atoms with Crippen molar-refractivity contribution in [2.75, 3.05) is 24.7 Å². The van der Waals surface area contributed by atoms with Gasteiger partial charge >= 0.3 is 0 Å². The van der Waals surface area contributed by atoms with E-state index >= 15 is 0 Å². The maximum atomic E-state index is 11.7. The first kappa shape index (κ1) is 14.3. The number of hydrogen-bond donors (Lipinski definition) is 4. The molecule has 0 saturated heterocycles. The molecule has 0 spiro atoms. The van der Waals surface area contributed by atoms with E-state index in [4.69, 9.17) is 5.73 Å². The summed E-state index contributed by atoms with van der Waals surface area (Å²) in [4.78, 5) is 11.7. The van der Waals surface area contributed by atoms with Gasteiger partial charge in [-0.15, -0.1) is 0 Å². The molecule has 100 valence electrons. The van der Waals surface area contributed by atoms with Gasteiger partial charge in [-0.25, -0.2) is 0 Å². The molecule has 0 aromatic heterocycles. The first-order valence-corrected chi connectivity index (χ1v) is 5.98. The number of anilines is 2. The molecule has 0 radical (unpaired) electrons. The van der Waals surface area contributed by atoms with E-state index in [0.717, 1.165) is 0 Å². The van der Waals surface area contributed by atoms with Gasteiger partial charge in [0, 0.05) is 18.4 Å². The van der Waals surface area contributed by atoms with E-state index in [0.29, 0.717) is 16.9 Å². The Hall–Kier alpha value is -1.75. The molecule has 1 atom stereocenters. The highest BCUT2D eigenvalue weighted by Gasteiger charge is 2.16. The Morgan fingerprint density at radius 3 is 2.61 bits per heavy atom. The summed E-state index contributed by atoms with van der Waals surface area (Å²) in [7, 11) is 1.58. The van der Waals surface area contributed by atoms with Gasteiger partial charge in [0.15, 0.2) is 0 Å². The van der Waals surface area contributed by atoms with E-state index in [-0.39, 0.29) is 24.5 Å². The number of carbonyl (C=O) groups is 1. The van der Waals surface area contributed by atoms with E-state index < -0.39 is 0 Å². The van der Waals surface area contributed by atoms with Crippen molar-refractivity contribution in [1.82, 2.24) is 5.32 Å². The van der Waals surface area contributed by atoms with Crippen LogP contribution in [0.4, 0.5) is 11.4 Å². The molecule has 1 amide bonds. The van der Waals surface area contributed by atoms with Crippen LogP contribution in [0, 0.1) is 5.92 Å².